The highest BCUT2D eigenvalue weighted by molar-refractivity contribution is 5.75. The molecule has 1 unspecified atom stereocenters. The number of benzene rings is 1. The molecule has 0 radical (unpaired) electrons. The van der Waals surface area contributed by atoms with Crippen molar-refractivity contribution in [1.82, 2.24) is 10.6 Å². The summed E-state index contributed by atoms with van der Waals surface area (Å²) < 4.78 is 40.9. The zero-order valence-corrected chi connectivity index (χ0v) is 11.8. The van der Waals surface area contributed by atoms with E-state index in [2.05, 4.69) is 15.4 Å². The Labute approximate surface area is 129 Å². The molecule has 23 heavy (non-hydrogen) atoms. The molecule has 1 rings (SSSR count). The van der Waals surface area contributed by atoms with Crippen LogP contribution in [-0.2, 0) is 4.79 Å². The quantitative estimate of drug-likeness (QED) is 0.602. The molecule has 1 atom stereocenters. The number of halogens is 3. The number of carbonyl (C=O) groups is 2. The van der Waals surface area contributed by atoms with Gasteiger partial charge in [0, 0.05) is 12.1 Å². The highest BCUT2D eigenvalue weighted by Crippen LogP contribution is 2.30. The average molecular weight is 336 g/mol. The fourth-order valence-electron chi connectivity index (χ4n) is 1.70. The molecular formula is C13H15F3N2O5. The van der Waals surface area contributed by atoms with Crippen molar-refractivity contribution in [2.24, 2.45) is 0 Å². The number of carbonyl (C=O) groups excluding carboxylic acids is 1. The molecule has 0 bridgehead atoms. The number of hydrogen-bond acceptors (Lipinski definition) is 4. The van der Waals surface area contributed by atoms with Gasteiger partial charge in [-0.25, -0.2) is 4.79 Å². The number of amides is 2. The number of nitrogens with one attached hydrogen (secondary N) is 2. The zero-order valence-electron chi connectivity index (χ0n) is 11.8. The second-order valence-corrected chi connectivity index (χ2v) is 4.36. The van der Waals surface area contributed by atoms with Gasteiger partial charge in [-0.15, -0.1) is 13.2 Å². The molecule has 0 heterocycles. The van der Waals surface area contributed by atoms with E-state index < -0.39 is 36.8 Å². The number of hydrogen-bond donors (Lipinski definition) is 4. The van der Waals surface area contributed by atoms with Crippen LogP contribution in [-0.4, -0.2) is 41.7 Å². The van der Waals surface area contributed by atoms with Crippen molar-refractivity contribution in [3.05, 3.63) is 29.8 Å². The third kappa shape index (κ3) is 6.87. The molecule has 0 aliphatic rings. The molecule has 0 saturated carbocycles. The lowest BCUT2D eigenvalue weighted by atomic mass is 10.1. The number of ether oxygens (including phenoxy) is 1. The fourth-order valence-corrected chi connectivity index (χ4v) is 1.70. The molecule has 10 heteroatoms. The van der Waals surface area contributed by atoms with Gasteiger partial charge in [-0.05, 0) is 6.07 Å². The predicted molar refractivity (Wildman–Crippen MR) is 71.7 cm³/mol. The van der Waals surface area contributed by atoms with Crippen molar-refractivity contribution in [1.29, 1.82) is 0 Å². The summed E-state index contributed by atoms with van der Waals surface area (Å²) >= 11 is 0. The monoisotopic (exact) mass is 336 g/mol. The summed E-state index contributed by atoms with van der Waals surface area (Å²) in [4.78, 5) is 21.9. The fraction of sp³-hybridized carbons (Fsp3) is 0.385. The van der Waals surface area contributed by atoms with Gasteiger partial charge in [0.2, 0.25) is 0 Å². The molecule has 0 saturated heterocycles. The van der Waals surface area contributed by atoms with E-state index in [9.17, 15) is 27.9 Å². The number of carboxylic acids is 1. The van der Waals surface area contributed by atoms with Crippen LogP contribution in [0.15, 0.2) is 24.3 Å². The van der Waals surface area contributed by atoms with Crippen molar-refractivity contribution >= 4 is 12.0 Å². The summed E-state index contributed by atoms with van der Waals surface area (Å²) in [5, 5.41) is 22.2. The van der Waals surface area contributed by atoms with Crippen LogP contribution < -0.4 is 15.4 Å². The zero-order chi connectivity index (χ0) is 17.5. The molecular weight excluding hydrogens is 321 g/mol. The van der Waals surface area contributed by atoms with Crippen molar-refractivity contribution in [2.45, 2.75) is 18.8 Å². The SMILES string of the molecule is O=C(O)CCNC(=O)NC(CO)c1ccccc1OC(F)(F)F. The van der Waals surface area contributed by atoms with E-state index in [4.69, 9.17) is 5.11 Å². The molecule has 0 aromatic heterocycles. The van der Waals surface area contributed by atoms with Gasteiger partial charge in [-0.3, -0.25) is 4.79 Å². The van der Waals surface area contributed by atoms with Gasteiger partial charge in [-0.1, -0.05) is 18.2 Å². The maximum atomic E-state index is 12.4. The second kappa shape index (κ2) is 8.22. The molecule has 0 fully saturated rings. The van der Waals surface area contributed by atoms with E-state index in [0.29, 0.717) is 0 Å². The molecule has 0 spiro atoms. The lowest BCUT2D eigenvalue weighted by molar-refractivity contribution is -0.275. The van der Waals surface area contributed by atoms with Crippen LogP contribution in [0, 0.1) is 0 Å². The van der Waals surface area contributed by atoms with Crippen molar-refractivity contribution < 1.29 is 37.7 Å². The summed E-state index contributed by atoms with van der Waals surface area (Å²) in [5.41, 5.74) is -0.0688. The first-order chi connectivity index (χ1) is 10.7. The van der Waals surface area contributed by atoms with E-state index >= 15 is 0 Å². The van der Waals surface area contributed by atoms with Gasteiger partial charge < -0.3 is 25.6 Å². The minimum atomic E-state index is -4.92. The topological polar surface area (TPSA) is 108 Å². The first-order valence-corrected chi connectivity index (χ1v) is 6.44. The molecule has 7 nitrogen and oxygen atoms in total. The first kappa shape index (κ1) is 18.6. The molecule has 0 aliphatic heterocycles. The molecule has 1 aromatic rings. The van der Waals surface area contributed by atoms with Crippen molar-refractivity contribution in [2.75, 3.05) is 13.2 Å². The van der Waals surface area contributed by atoms with E-state index in [0.717, 1.165) is 6.07 Å². The minimum Gasteiger partial charge on any atom is -0.481 e. The number of alkyl halides is 3. The number of rotatable bonds is 7. The summed E-state index contributed by atoms with van der Waals surface area (Å²) in [7, 11) is 0. The van der Waals surface area contributed by atoms with Crippen LogP contribution in [0.1, 0.15) is 18.0 Å². The molecule has 2 amide bonds. The first-order valence-electron chi connectivity index (χ1n) is 6.44. The highest BCUT2D eigenvalue weighted by atomic mass is 19.4. The smallest absolute Gasteiger partial charge is 0.481 e. The standard InChI is InChI=1S/C13H15F3N2O5/c14-13(15,16)23-10-4-2-1-3-8(10)9(7-19)18-12(22)17-6-5-11(20)21/h1-4,9,19H,5-7H2,(H,20,21)(H2,17,18,22). The normalized spacial score (nSPS) is 12.3. The van der Waals surface area contributed by atoms with Crippen LogP contribution in [0.25, 0.3) is 0 Å². The number of aliphatic hydroxyl groups is 1. The Kier molecular flexibility index (Phi) is 6.64. The lowest BCUT2D eigenvalue weighted by Crippen LogP contribution is -2.40. The molecule has 4 N–H and O–H groups in total. The number of carboxylic acid groups (broad SMARTS) is 1. The van der Waals surface area contributed by atoms with Crippen LogP contribution >= 0.6 is 0 Å². The lowest BCUT2D eigenvalue weighted by Gasteiger charge is -2.20. The Morgan fingerprint density at radius 3 is 2.48 bits per heavy atom. The minimum absolute atomic E-state index is 0.0688. The average Bonchev–Trinajstić information content (AvgIpc) is 2.43. The van der Waals surface area contributed by atoms with E-state index in [1.54, 1.807) is 0 Å². The molecule has 128 valence electrons. The number of para-hydroxylation sites is 1. The summed E-state index contributed by atoms with van der Waals surface area (Å²) in [6.45, 7) is -0.843. The summed E-state index contributed by atoms with van der Waals surface area (Å²) in [6, 6.07) is 3.07. The largest absolute Gasteiger partial charge is 0.573 e. The van der Waals surface area contributed by atoms with E-state index in [1.165, 1.54) is 18.2 Å². The van der Waals surface area contributed by atoms with E-state index in [1.807, 2.05) is 0 Å². The third-order valence-corrected chi connectivity index (χ3v) is 2.63. The van der Waals surface area contributed by atoms with Crippen molar-refractivity contribution in [3.8, 4) is 5.75 Å². The number of aliphatic carboxylic acids is 1. The maximum absolute atomic E-state index is 12.4. The third-order valence-electron chi connectivity index (χ3n) is 2.63. The van der Waals surface area contributed by atoms with Gasteiger partial charge >= 0.3 is 18.4 Å². The number of urea groups is 1. The Bertz CT molecular complexity index is 551. The summed E-state index contributed by atoms with van der Waals surface area (Å²) in [6.07, 6.45) is -5.23. The number of aliphatic hydroxyl groups excluding tert-OH is 1. The van der Waals surface area contributed by atoms with E-state index in [-0.39, 0.29) is 18.5 Å². The van der Waals surface area contributed by atoms with Gasteiger partial charge in [-0.2, -0.15) is 0 Å². The maximum Gasteiger partial charge on any atom is 0.573 e. The highest BCUT2D eigenvalue weighted by Gasteiger charge is 2.33. The van der Waals surface area contributed by atoms with Crippen LogP contribution in [0.5, 0.6) is 5.75 Å². The second-order valence-electron chi connectivity index (χ2n) is 4.36. The summed E-state index contributed by atoms with van der Waals surface area (Å²) in [5.74, 6) is -1.67. The van der Waals surface area contributed by atoms with Crippen molar-refractivity contribution in [3.63, 3.8) is 0 Å². The Morgan fingerprint density at radius 1 is 1.26 bits per heavy atom. The van der Waals surface area contributed by atoms with Crippen LogP contribution in [0.2, 0.25) is 0 Å². The van der Waals surface area contributed by atoms with Crippen LogP contribution in [0.3, 0.4) is 0 Å². The predicted octanol–water partition coefficient (Wildman–Crippen LogP) is 1.39. The van der Waals surface area contributed by atoms with Gasteiger partial charge in [0.1, 0.15) is 5.75 Å². The van der Waals surface area contributed by atoms with Gasteiger partial charge in [0.25, 0.3) is 0 Å². The molecule has 0 aliphatic carbocycles. The Hall–Kier alpha value is -2.49. The Balaban J connectivity index is 2.77. The molecule has 1 aromatic carbocycles. The van der Waals surface area contributed by atoms with Gasteiger partial charge in [0.05, 0.1) is 19.1 Å². The van der Waals surface area contributed by atoms with Gasteiger partial charge in [0.15, 0.2) is 0 Å². The Morgan fingerprint density at radius 2 is 1.91 bits per heavy atom. The van der Waals surface area contributed by atoms with Crippen LogP contribution in [0.4, 0.5) is 18.0 Å².